The lowest BCUT2D eigenvalue weighted by Gasteiger charge is -2.30. The third-order valence-electron chi connectivity index (χ3n) is 2.55. The minimum absolute atomic E-state index is 0.176. The van der Waals surface area contributed by atoms with E-state index in [1.165, 1.54) is 0 Å². The molecule has 4 heteroatoms. The molecule has 4 nitrogen and oxygen atoms in total. The van der Waals surface area contributed by atoms with Crippen molar-refractivity contribution in [3.8, 4) is 0 Å². The van der Waals surface area contributed by atoms with E-state index < -0.39 is 0 Å². The van der Waals surface area contributed by atoms with E-state index in [1.807, 2.05) is 4.90 Å². The van der Waals surface area contributed by atoms with Crippen molar-refractivity contribution in [1.82, 2.24) is 4.90 Å². The van der Waals surface area contributed by atoms with Crippen LogP contribution in [0.4, 0.5) is 0 Å². The Morgan fingerprint density at radius 1 is 1.64 bits per heavy atom. The first-order chi connectivity index (χ1) is 6.74. The summed E-state index contributed by atoms with van der Waals surface area (Å²) in [7, 11) is 1.65. The van der Waals surface area contributed by atoms with E-state index >= 15 is 0 Å². The number of piperidine rings is 1. The number of carbonyl (C=O) groups is 1. The van der Waals surface area contributed by atoms with E-state index in [0.29, 0.717) is 13.0 Å². The topological polar surface area (TPSA) is 55.6 Å². The van der Waals surface area contributed by atoms with E-state index in [1.54, 1.807) is 7.11 Å². The first-order valence-corrected chi connectivity index (χ1v) is 5.26. The fourth-order valence-corrected chi connectivity index (χ4v) is 1.76. The predicted octanol–water partition coefficient (Wildman–Crippen LogP) is 0.363. The van der Waals surface area contributed by atoms with Gasteiger partial charge in [0.05, 0.1) is 0 Å². The Labute approximate surface area is 85.4 Å². The Bertz CT molecular complexity index is 185. The maximum Gasteiger partial charge on any atom is 0.222 e. The maximum atomic E-state index is 11.6. The van der Waals surface area contributed by atoms with Crippen LogP contribution in [-0.4, -0.2) is 43.7 Å². The summed E-state index contributed by atoms with van der Waals surface area (Å²) >= 11 is 0. The van der Waals surface area contributed by atoms with E-state index in [0.717, 1.165) is 32.4 Å². The number of hydrogen-bond acceptors (Lipinski definition) is 3. The number of likely N-dealkylation sites (tertiary alicyclic amines) is 1. The van der Waals surface area contributed by atoms with Crippen molar-refractivity contribution >= 4 is 5.91 Å². The predicted molar refractivity (Wildman–Crippen MR) is 54.9 cm³/mol. The van der Waals surface area contributed by atoms with Crippen molar-refractivity contribution in [3.63, 3.8) is 0 Å². The van der Waals surface area contributed by atoms with Crippen LogP contribution in [0.25, 0.3) is 0 Å². The summed E-state index contributed by atoms with van der Waals surface area (Å²) in [5.41, 5.74) is 5.80. The van der Waals surface area contributed by atoms with Gasteiger partial charge in [0, 0.05) is 39.3 Å². The van der Waals surface area contributed by atoms with Gasteiger partial charge in [-0.1, -0.05) is 0 Å². The molecule has 1 aliphatic rings. The zero-order valence-corrected chi connectivity index (χ0v) is 8.87. The summed E-state index contributed by atoms with van der Waals surface area (Å²) in [6.45, 7) is 2.26. The fraction of sp³-hybridized carbons (Fsp3) is 0.900. The van der Waals surface area contributed by atoms with Gasteiger partial charge in [-0.2, -0.15) is 0 Å². The third kappa shape index (κ3) is 3.64. The highest BCUT2D eigenvalue weighted by molar-refractivity contribution is 5.76. The number of ether oxygens (including phenoxy) is 1. The summed E-state index contributed by atoms with van der Waals surface area (Å²) in [4.78, 5) is 13.5. The molecular weight excluding hydrogens is 180 g/mol. The van der Waals surface area contributed by atoms with Gasteiger partial charge in [-0.05, 0) is 19.3 Å². The lowest BCUT2D eigenvalue weighted by Crippen LogP contribution is -2.45. The number of methoxy groups -OCH3 is 1. The second-order valence-electron chi connectivity index (χ2n) is 3.84. The first-order valence-electron chi connectivity index (χ1n) is 5.26. The Hall–Kier alpha value is -0.610. The van der Waals surface area contributed by atoms with Gasteiger partial charge in [0.1, 0.15) is 0 Å². The van der Waals surface area contributed by atoms with Crippen LogP contribution in [0, 0.1) is 0 Å². The number of amides is 1. The number of hydrogen-bond donors (Lipinski definition) is 1. The lowest BCUT2D eigenvalue weighted by molar-refractivity contribution is -0.132. The molecule has 0 aromatic carbocycles. The average Bonchev–Trinajstić information content (AvgIpc) is 2.18. The van der Waals surface area contributed by atoms with Crippen molar-refractivity contribution < 1.29 is 9.53 Å². The fourth-order valence-electron chi connectivity index (χ4n) is 1.76. The SMILES string of the molecule is COCCCC(=O)N1CCCC(N)C1. The first kappa shape index (κ1) is 11.5. The van der Waals surface area contributed by atoms with Gasteiger partial charge in [-0.25, -0.2) is 0 Å². The molecule has 0 bridgehead atoms. The summed E-state index contributed by atoms with van der Waals surface area (Å²) in [5.74, 6) is 0.220. The molecule has 1 rings (SSSR count). The molecule has 0 radical (unpaired) electrons. The van der Waals surface area contributed by atoms with Gasteiger partial charge < -0.3 is 15.4 Å². The van der Waals surface area contributed by atoms with E-state index in [-0.39, 0.29) is 11.9 Å². The molecule has 14 heavy (non-hydrogen) atoms. The van der Waals surface area contributed by atoms with Crippen molar-refractivity contribution in [1.29, 1.82) is 0 Å². The minimum Gasteiger partial charge on any atom is -0.385 e. The van der Waals surface area contributed by atoms with E-state index in [9.17, 15) is 4.79 Å². The summed E-state index contributed by atoms with van der Waals surface area (Å²) in [6.07, 6.45) is 3.47. The van der Waals surface area contributed by atoms with Gasteiger partial charge in [-0.15, -0.1) is 0 Å². The average molecular weight is 200 g/mol. The zero-order chi connectivity index (χ0) is 10.4. The monoisotopic (exact) mass is 200 g/mol. The normalized spacial score (nSPS) is 22.4. The highest BCUT2D eigenvalue weighted by Gasteiger charge is 2.20. The molecule has 2 N–H and O–H groups in total. The van der Waals surface area contributed by atoms with Crippen LogP contribution in [0.15, 0.2) is 0 Å². The van der Waals surface area contributed by atoms with Crippen LogP contribution >= 0.6 is 0 Å². The van der Waals surface area contributed by atoms with Gasteiger partial charge in [-0.3, -0.25) is 4.79 Å². The molecule has 0 aliphatic carbocycles. The van der Waals surface area contributed by atoms with Crippen LogP contribution in [0.3, 0.4) is 0 Å². The Kier molecular flexibility index (Phi) is 4.90. The van der Waals surface area contributed by atoms with E-state index in [4.69, 9.17) is 10.5 Å². The van der Waals surface area contributed by atoms with Gasteiger partial charge >= 0.3 is 0 Å². The molecule has 1 fully saturated rings. The highest BCUT2D eigenvalue weighted by atomic mass is 16.5. The Morgan fingerprint density at radius 2 is 2.43 bits per heavy atom. The molecule has 1 atom stereocenters. The quantitative estimate of drug-likeness (QED) is 0.667. The number of carbonyl (C=O) groups excluding carboxylic acids is 1. The van der Waals surface area contributed by atoms with Crippen molar-refractivity contribution in [3.05, 3.63) is 0 Å². The molecular formula is C10H20N2O2. The maximum absolute atomic E-state index is 11.6. The molecule has 0 saturated carbocycles. The number of rotatable bonds is 4. The second-order valence-corrected chi connectivity index (χ2v) is 3.84. The van der Waals surface area contributed by atoms with Gasteiger partial charge in [0.15, 0.2) is 0 Å². The summed E-state index contributed by atoms with van der Waals surface area (Å²) in [6, 6.07) is 0.176. The van der Waals surface area contributed by atoms with Crippen molar-refractivity contribution in [2.75, 3.05) is 26.8 Å². The molecule has 0 aromatic heterocycles. The number of nitrogens with zero attached hydrogens (tertiary/aromatic N) is 1. The number of nitrogens with two attached hydrogens (primary N) is 1. The molecule has 1 saturated heterocycles. The van der Waals surface area contributed by atoms with Gasteiger partial charge in [0.2, 0.25) is 5.91 Å². The molecule has 1 unspecified atom stereocenters. The molecule has 1 amide bonds. The van der Waals surface area contributed by atoms with Crippen LogP contribution in [0.2, 0.25) is 0 Å². The third-order valence-corrected chi connectivity index (χ3v) is 2.55. The molecule has 82 valence electrons. The molecule has 1 heterocycles. The Balaban J connectivity index is 2.22. The smallest absolute Gasteiger partial charge is 0.222 e. The van der Waals surface area contributed by atoms with Crippen LogP contribution in [-0.2, 0) is 9.53 Å². The molecule has 0 spiro atoms. The van der Waals surface area contributed by atoms with Crippen LogP contribution in [0.1, 0.15) is 25.7 Å². The largest absolute Gasteiger partial charge is 0.385 e. The van der Waals surface area contributed by atoms with E-state index in [2.05, 4.69) is 0 Å². The Morgan fingerprint density at radius 3 is 3.07 bits per heavy atom. The van der Waals surface area contributed by atoms with Crippen molar-refractivity contribution in [2.24, 2.45) is 5.73 Å². The summed E-state index contributed by atoms with van der Waals surface area (Å²) in [5, 5.41) is 0. The standard InChI is InChI=1S/C10H20N2O2/c1-14-7-3-5-10(13)12-6-2-4-9(11)8-12/h9H,2-8,11H2,1H3. The van der Waals surface area contributed by atoms with Crippen molar-refractivity contribution in [2.45, 2.75) is 31.7 Å². The second kappa shape index (κ2) is 5.98. The molecule has 0 aromatic rings. The van der Waals surface area contributed by atoms with Gasteiger partial charge in [0.25, 0.3) is 0 Å². The molecule has 1 aliphatic heterocycles. The highest BCUT2D eigenvalue weighted by Crippen LogP contribution is 2.10. The lowest BCUT2D eigenvalue weighted by atomic mass is 10.1. The van der Waals surface area contributed by atoms with Crippen LogP contribution in [0.5, 0.6) is 0 Å². The minimum atomic E-state index is 0.176. The summed E-state index contributed by atoms with van der Waals surface area (Å²) < 4.78 is 4.91. The zero-order valence-electron chi connectivity index (χ0n) is 8.87. The van der Waals surface area contributed by atoms with Crippen LogP contribution < -0.4 is 5.73 Å².